The monoisotopic (exact) mass is 216 g/mol. The Hall–Kier alpha value is -0.0800. The number of hydrogen-bond donors (Lipinski definition) is 1. The van der Waals surface area contributed by atoms with Crippen molar-refractivity contribution in [3.05, 3.63) is 0 Å². The molecule has 2 unspecified atom stereocenters. The van der Waals surface area contributed by atoms with Crippen LogP contribution in [0.4, 0.5) is 0 Å². The molecule has 0 amide bonds. The zero-order chi connectivity index (χ0) is 11.5. The van der Waals surface area contributed by atoms with Crippen LogP contribution in [0.3, 0.4) is 0 Å². The Morgan fingerprint density at radius 1 is 1.00 bits per heavy atom. The number of ether oxygens (including phenoxy) is 1. The van der Waals surface area contributed by atoms with Crippen molar-refractivity contribution in [2.75, 3.05) is 6.61 Å². The fraction of sp³-hybridized carbons (Fsp3) is 1.00. The standard InChI is InChI=1S/C13H28O2/c1-4-5-6-7-10-13(3)15-11-8-9-12(2)14/h12-14H,4-11H2,1-3H3. The predicted octanol–water partition coefficient (Wildman–Crippen LogP) is 3.52. The van der Waals surface area contributed by atoms with E-state index in [0.29, 0.717) is 6.10 Å². The van der Waals surface area contributed by atoms with Crippen molar-refractivity contribution >= 4 is 0 Å². The summed E-state index contributed by atoms with van der Waals surface area (Å²) in [7, 11) is 0. The molecule has 0 saturated heterocycles. The second-order valence-electron chi connectivity index (χ2n) is 4.52. The Balaban J connectivity index is 3.15. The molecule has 0 spiro atoms. The van der Waals surface area contributed by atoms with E-state index in [0.717, 1.165) is 19.4 Å². The van der Waals surface area contributed by atoms with Crippen LogP contribution < -0.4 is 0 Å². The highest BCUT2D eigenvalue weighted by Crippen LogP contribution is 2.08. The SMILES string of the molecule is CCCCCCC(C)OCCCC(C)O. The third kappa shape index (κ3) is 11.8. The van der Waals surface area contributed by atoms with E-state index in [1.54, 1.807) is 0 Å². The summed E-state index contributed by atoms with van der Waals surface area (Å²) in [5, 5.41) is 9.06. The van der Waals surface area contributed by atoms with E-state index in [1.165, 1.54) is 32.1 Å². The van der Waals surface area contributed by atoms with Crippen LogP contribution >= 0.6 is 0 Å². The van der Waals surface area contributed by atoms with Crippen molar-refractivity contribution in [3.63, 3.8) is 0 Å². The van der Waals surface area contributed by atoms with Crippen molar-refractivity contribution in [3.8, 4) is 0 Å². The summed E-state index contributed by atoms with van der Waals surface area (Å²) in [6.07, 6.45) is 8.44. The van der Waals surface area contributed by atoms with Gasteiger partial charge in [-0.2, -0.15) is 0 Å². The highest BCUT2D eigenvalue weighted by atomic mass is 16.5. The average molecular weight is 216 g/mol. The molecule has 0 aromatic rings. The molecule has 2 nitrogen and oxygen atoms in total. The number of aliphatic hydroxyl groups is 1. The van der Waals surface area contributed by atoms with Crippen LogP contribution in [-0.2, 0) is 4.74 Å². The Morgan fingerprint density at radius 3 is 2.33 bits per heavy atom. The lowest BCUT2D eigenvalue weighted by Gasteiger charge is -2.13. The van der Waals surface area contributed by atoms with Gasteiger partial charge in [0.1, 0.15) is 0 Å². The Morgan fingerprint density at radius 2 is 1.73 bits per heavy atom. The van der Waals surface area contributed by atoms with Crippen molar-refractivity contribution in [2.24, 2.45) is 0 Å². The van der Waals surface area contributed by atoms with Gasteiger partial charge in [-0.25, -0.2) is 0 Å². The van der Waals surface area contributed by atoms with Crippen LogP contribution in [0.2, 0.25) is 0 Å². The minimum absolute atomic E-state index is 0.187. The first-order chi connectivity index (χ1) is 7.16. The molecule has 1 N–H and O–H groups in total. The molecule has 0 bridgehead atoms. The molecular formula is C13H28O2. The van der Waals surface area contributed by atoms with Gasteiger partial charge < -0.3 is 9.84 Å². The van der Waals surface area contributed by atoms with E-state index in [-0.39, 0.29) is 6.10 Å². The zero-order valence-electron chi connectivity index (χ0n) is 10.7. The summed E-state index contributed by atoms with van der Waals surface area (Å²) in [5.74, 6) is 0. The van der Waals surface area contributed by atoms with Crippen LogP contribution in [0, 0.1) is 0 Å². The molecule has 0 fully saturated rings. The van der Waals surface area contributed by atoms with Gasteiger partial charge >= 0.3 is 0 Å². The maximum Gasteiger partial charge on any atom is 0.0547 e. The molecule has 0 saturated carbocycles. The van der Waals surface area contributed by atoms with Gasteiger partial charge in [0.2, 0.25) is 0 Å². The molecule has 0 aliphatic rings. The van der Waals surface area contributed by atoms with E-state index >= 15 is 0 Å². The quantitative estimate of drug-likeness (QED) is 0.566. The maximum atomic E-state index is 9.06. The first-order valence-corrected chi connectivity index (χ1v) is 6.46. The van der Waals surface area contributed by atoms with E-state index < -0.39 is 0 Å². The molecule has 92 valence electrons. The van der Waals surface area contributed by atoms with Gasteiger partial charge in [0.05, 0.1) is 12.2 Å². The lowest BCUT2D eigenvalue weighted by Crippen LogP contribution is -2.10. The van der Waals surface area contributed by atoms with Gasteiger partial charge in [0, 0.05) is 6.61 Å². The summed E-state index contributed by atoms with van der Waals surface area (Å²) in [5.41, 5.74) is 0. The summed E-state index contributed by atoms with van der Waals surface area (Å²) >= 11 is 0. The van der Waals surface area contributed by atoms with Crippen molar-refractivity contribution in [1.82, 2.24) is 0 Å². The average Bonchev–Trinajstić information content (AvgIpc) is 2.19. The number of hydrogen-bond acceptors (Lipinski definition) is 2. The smallest absolute Gasteiger partial charge is 0.0547 e. The molecule has 2 heteroatoms. The second kappa shape index (κ2) is 10.4. The molecule has 0 aromatic heterocycles. The molecule has 15 heavy (non-hydrogen) atoms. The minimum atomic E-state index is -0.187. The maximum absolute atomic E-state index is 9.06. The largest absolute Gasteiger partial charge is 0.393 e. The molecular weight excluding hydrogens is 188 g/mol. The first kappa shape index (κ1) is 14.9. The van der Waals surface area contributed by atoms with E-state index in [1.807, 2.05) is 6.92 Å². The third-order valence-electron chi connectivity index (χ3n) is 2.63. The molecule has 0 aliphatic carbocycles. The van der Waals surface area contributed by atoms with Gasteiger partial charge in [0.15, 0.2) is 0 Å². The second-order valence-corrected chi connectivity index (χ2v) is 4.52. The minimum Gasteiger partial charge on any atom is -0.393 e. The summed E-state index contributed by atoms with van der Waals surface area (Å²) < 4.78 is 5.66. The molecule has 0 heterocycles. The van der Waals surface area contributed by atoms with Gasteiger partial charge in [-0.3, -0.25) is 0 Å². The Kier molecular flexibility index (Phi) is 10.4. The van der Waals surface area contributed by atoms with Crippen LogP contribution in [0.15, 0.2) is 0 Å². The van der Waals surface area contributed by atoms with E-state index in [4.69, 9.17) is 9.84 Å². The van der Waals surface area contributed by atoms with Crippen LogP contribution in [0.1, 0.15) is 65.7 Å². The molecule has 2 atom stereocenters. The Bertz CT molecular complexity index is 124. The van der Waals surface area contributed by atoms with Gasteiger partial charge in [0.25, 0.3) is 0 Å². The van der Waals surface area contributed by atoms with E-state index in [2.05, 4.69) is 13.8 Å². The van der Waals surface area contributed by atoms with Crippen molar-refractivity contribution in [1.29, 1.82) is 0 Å². The highest BCUT2D eigenvalue weighted by molar-refractivity contribution is 4.53. The summed E-state index contributed by atoms with van der Waals surface area (Å²) in [6, 6.07) is 0. The van der Waals surface area contributed by atoms with Crippen LogP contribution in [-0.4, -0.2) is 23.9 Å². The summed E-state index contributed by atoms with van der Waals surface area (Å²) in [4.78, 5) is 0. The van der Waals surface area contributed by atoms with Crippen molar-refractivity contribution < 1.29 is 9.84 Å². The molecule has 0 aromatic carbocycles. The van der Waals surface area contributed by atoms with Gasteiger partial charge in [-0.05, 0) is 33.1 Å². The first-order valence-electron chi connectivity index (χ1n) is 6.46. The molecule has 0 aliphatic heterocycles. The number of unbranched alkanes of at least 4 members (excludes halogenated alkanes) is 3. The summed E-state index contributed by atoms with van der Waals surface area (Å²) in [6.45, 7) is 7.00. The van der Waals surface area contributed by atoms with E-state index in [9.17, 15) is 0 Å². The topological polar surface area (TPSA) is 29.5 Å². The lowest BCUT2D eigenvalue weighted by atomic mass is 10.1. The van der Waals surface area contributed by atoms with Gasteiger partial charge in [-0.15, -0.1) is 0 Å². The lowest BCUT2D eigenvalue weighted by molar-refractivity contribution is 0.0493. The Labute approximate surface area is 95.0 Å². The van der Waals surface area contributed by atoms with Crippen molar-refractivity contribution in [2.45, 2.75) is 77.9 Å². The normalized spacial score (nSPS) is 15.2. The fourth-order valence-corrected chi connectivity index (χ4v) is 1.61. The molecule has 0 radical (unpaired) electrons. The zero-order valence-corrected chi connectivity index (χ0v) is 10.7. The predicted molar refractivity (Wildman–Crippen MR) is 65.1 cm³/mol. The highest BCUT2D eigenvalue weighted by Gasteiger charge is 2.02. The fourth-order valence-electron chi connectivity index (χ4n) is 1.61. The van der Waals surface area contributed by atoms with Gasteiger partial charge in [-0.1, -0.05) is 32.6 Å². The molecule has 0 rings (SSSR count). The number of rotatable bonds is 10. The van der Waals surface area contributed by atoms with Crippen LogP contribution in [0.25, 0.3) is 0 Å². The third-order valence-corrected chi connectivity index (χ3v) is 2.63. The van der Waals surface area contributed by atoms with Crippen LogP contribution in [0.5, 0.6) is 0 Å². The number of aliphatic hydroxyl groups excluding tert-OH is 1.